The molecule has 1 aliphatic rings. The summed E-state index contributed by atoms with van der Waals surface area (Å²) < 4.78 is 52.4. The molecule has 3 N–H and O–H groups in total. The third-order valence-electron chi connectivity index (χ3n) is 3.58. The molecule has 0 saturated carbocycles. The van der Waals surface area contributed by atoms with E-state index in [1.54, 1.807) is 0 Å². The van der Waals surface area contributed by atoms with Crippen molar-refractivity contribution in [3.8, 4) is 0 Å². The normalized spacial score (nSPS) is 20.7. The summed E-state index contributed by atoms with van der Waals surface area (Å²) in [5, 5.41) is 11.5. The maximum atomic E-state index is 13.9. The molecule has 0 radical (unpaired) electrons. The molecule has 1 aliphatic heterocycles. The van der Waals surface area contributed by atoms with Gasteiger partial charge in [-0.2, -0.15) is 13.2 Å². The molecule has 116 valence electrons. The van der Waals surface area contributed by atoms with Gasteiger partial charge in [0.25, 0.3) is 0 Å². The monoisotopic (exact) mass is 305 g/mol. The van der Waals surface area contributed by atoms with Gasteiger partial charge in [0.2, 0.25) is 0 Å². The molecule has 0 aromatic heterocycles. The van der Waals surface area contributed by atoms with Crippen LogP contribution in [0.3, 0.4) is 0 Å². The van der Waals surface area contributed by atoms with Gasteiger partial charge in [-0.15, -0.1) is 0 Å². The number of hydrogen-bond acceptors (Lipinski definition) is 3. The van der Waals surface area contributed by atoms with Gasteiger partial charge in [-0.1, -0.05) is 11.2 Å². The minimum Gasteiger partial charge on any atom is -0.409 e. The Balaban J connectivity index is 2.36. The molecule has 21 heavy (non-hydrogen) atoms. The van der Waals surface area contributed by atoms with Crippen molar-refractivity contribution >= 4 is 11.5 Å². The van der Waals surface area contributed by atoms with Gasteiger partial charge in [0.1, 0.15) is 5.82 Å². The Morgan fingerprint density at radius 1 is 1.38 bits per heavy atom. The number of oxime groups is 1. The zero-order valence-electron chi connectivity index (χ0n) is 11.1. The zero-order valence-corrected chi connectivity index (χ0v) is 11.1. The van der Waals surface area contributed by atoms with Crippen LogP contribution in [-0.2, 0) is 0 Å². The highest BCUT2D eigenvalue weighted by Crippen LogP contribution is 2.36. The minimum atomic E-state index is -4.29. The van der Waals surface area contributed by atoms with E-state index >= 15 is 0 Å². The zero-order chi connectivity index (χ0) is 15.6. The van der Waals surface area contributed by atoms with E-state index in [0.717, 1.165) is 6.07 Å². The molecule has 2 rings (SSSR count). The molecule has 0 spiro atoms. The van der Waals surface area contributed by atoms with Gasteiger partial charge < -0.3 is 15.8 Å². The number of nitrogens with zero attached hydrogens (tertiary/aromatic N) is 2. The molecule has 1 aromatic rings. The predicted octanol–water partition coefficient (Wildman–Crippen LogP) is 2.70. The number of rotatable bonds is 2. The fourth-order valence-electron chi connectivity index (χ4n) is 2.54. The van der Waals surface area contributed by atoms with Crippen molar-refractivity contribution in [2.75, 3.05) is 18.0 Å². The Bertz CT molecular complexity index is 545. The number of anilines is 1. The molecule has 4 nitrogen and oxygen atoms in total. The Morgan fingerprint density at radius 2 is 2.10 bits per heavy atom. The van der Waals surface area contributed by atoms with Gasteiger partial charge in [0, 0.05) is 13.1 Å². The van der Waals surface area contributed by atoms with Crippen molar-refractivity contribution in [1.82, 2.24) is 0 Å². The topological polar surface area (TPSA) is 61.9 Å². The number of amidine groups is 1. The van der Waals surface area contributed by atoms with Gasteiger partial charge in [-0.05, 0) is 25.0 Å². The van der Waals surface area contributed by atoms with Crippen LogP contribution in [0, 0.1) is 11.7 Å². The molecule has 0 bridgehead atoms. The van der Waals surface area contributed by atoms with Crippen molar-refractivity contribution in [2.45, 2.75) is 19.0 Å². The Hall–Kier alpha value is -1.99. The van der Waals surface area contributed by atoms with E-state index in [9.17, 15) is 17.6 Å². The van der Waals surface area contributed by atoms with Gasteiger partial charge in [0.15, 0.2) is 5.84 Å². The molecule has 0 amide bonds. The van der Waals surface area contributed by atoms with Crippen LogP contribution in [0.5, 0.6) is 0 Å². The summed E-state index contributed by atoms with van der Waals surface area (Å²) in [7, 11) is 0. The number of alkyl halides is 3. The first kappa shape index (κ1) is 15.4. The summed E-state index contributed by atoms with van der Waals surface area (Å²) in [6, 6.07) is 3.97. The fraction of sp³-hybridized carbons (Fsp3) is 0.462. The summed E-state index contributed by atoms with van der Waals surface area (Å²) in [5.41, 5.74) is 5.46. The number of piperidine rings is 1. The van der Waals surface area contributed by atoms with Crippen molar-refractivity contribution < 1.29 is 22.8 Å². The average Bonchev–Trinajstić information content (AvgIpc) is 2.45. The number of hydrogen-bond donors (Lipinski definition) is 2. The van der Waals surface area contributed by atoms with E-state index in [1.165, 1.54) is 17.0 Å². The summed E-state index contributed by atoms with van der Waals surface area (Å²) >= 11 is 0. The third-order valence-corrected chi connectivity index (χ3v) is 3.58. The molecule has 8 heteroatoms. The molecule has 1 aromatic carbocycles. The molecule has 0 aliphatic carbocycles. The molecule has 1 unspecified atom stereocenters. The van der Waals surface area contributed by atoms with Crippen LogP contribution in [0.2, 0.25) is 0 Å². The Morgan fingerprint density at radius 3 is 2.71 bits per heavy atom. The molecular formula is C13H15F4N3O. The lowest BCUT2D eigenvalue weighted by Gasteiger charge is -2.36. The van der Waals surface area contributed by atoms with E-state index in [4.69, 9.17) is 10.9 Å². The van der Waals surface area contributed by atoms with Gasteiger partial charge in [-0.25, -0.2) is 4.39 Å². The van der Waals surface area contributed by atoms with E-state index in [1.807, 2.05) is 0 Å². The first-order chi connectivity index (χ1) is 9.84. The quantitative estimate of drug-likeness (QED) is 0.290. The van der Waals surface area contributed by atoms with Gasteiger partial charge in [-0.3, -0.25) is 0 Å². The Labute approximate surface area is 118 Å². The van der Waals surface area contributed by atoms with Crippen LogP contribution in [0.15, 0.2) is 23.4 Å². The summed E-state index contributed by atoms with van der Waals surface area (Å²) in [6.45, 7) is 0.0976. The van der Waals surface area contributed by atoms with Crippen LogP contribution in [0.25, 0.3) is 0 Å². The minimum absolute atomic E-state index is 0.0498. The molecule has 1 saturated heterocycles. The Kier molecular flexibility index (Phi) is 4.24. The molecule has 1 atom stereocenters. The van der Waals surface area contributed by atoms with Crippen LogP contribution in [0.4, 0.5) is 23.2 Å². The fourth-order valence-corrected chi connectivity index (χ4v) is 2.54. The molecule has 1 heterocycles. The average molecular weight is 305 g/mol. The van der Waals surface area contributed by atoms with E-state index in [0.29, 0.717) is 13.0 Å². The highest BCUT2D eigenvalue weighted by atomic mass is 19.4. The van der Waals surface area contributed by atoms with E-state index in [2.05, 4.69) is 5.16 Å². The third kappa shape index (κ3) is 3.20. The second kappa shape index (κ2) is 5.79. The lowest BCUT2D eigenvalue weighted by Crippen LogP contribution is -2.42. The molecular weight excluding hydrogens is 290 g/mol. The number of benzene rings is 1. The van der Waals surface area contributed by atoms with Crippen molar-refractivity contribution in [2.24, 2.45) is 16.8 Å². The van der Waals surface area contributed by atoms with Gasteiger partial charge in [0.05, 0.1) is 17.2 Å². The highest BCUT2D eigenvalue weighted by Gasteiger charge is 2.42. The van der Waals surface area contributed by atoms with Crippen LogP contribution in [0.1, 0.15) is 18.4 Å². The first-order valence-corrected chi connectivity index (χ1v) is 6.42. The van der Waals surface area contributed by atoms with Crippen molar-refractivity contribution in [3.63, 3.8) is 0 Å². The van der Waals surface area contributed by atoms with Crippen molar-refractivity contribution in [1.29, 1.82) is 0 Å². The second-order valence-electron chi connectivity index (χ2n) is 4.95. The van der Waals surface area contributed by atoms with Crippen LogP contribution >= 0.6 is 0 Å². The number of halogens is 4. The standard InChI is InChI=1S/C13H15F4N3O/c14-9-4-1-5-10(11(9)12(18)19-21)20-6-2-3-8(7-20)13(15,16)17/h1,4-5,8,21H,2-3,6-7H2,(H2,18,19). The highest BCUT2D eigenvalue weighted by molar-refractivity contribution is 6.02. The summed E-state index contributed by atoms with van der Waals surface area (Å²) in [4.78, 5) is 1.43. The second-order valence-corrected chi connectivity index (χ2v) is 4.95. The maximum Gasteiger partial charge on any atom is 0.393 e. The molecule has 1 fully saturated rings. The first-order valence-electron chi connectivity index (χ1n) is 6.42. The predicted molar refractivity (Wildman–Crippen MR) is 69.9 cm³/mol. The lowest BCUT2D eigenvalue weighted by molar-refractivity contribution is -0.175. The lowest BCUT2D eigenvalue weighted by atomic mass is 9.96. The van der Waals surface area contributed by atoms with Gasteiger partial charge >= 0.3 is 6.18 Å². The SMILES string of the molecule is NC(=NO)c1c(F)cccc1N1CCCC(C(F)(F)F)C1. The van der Waals surface area contributed by atoms with E-state index in [-0.39, 0.29) is 24.2 Å². The van der Waals surface area contributed by atoms with E-state index < -0.39 is 23.7 Å². The summed E-state index contributed by atoms with van der Waals surface area (Å²) in [6.07, 6.45) is -3.90. The van der Waals surface area contributed by atoms with Crippen LogP contribution < -0.4 is 10.6 Å². The van der Waals surface area contributed by atoms with Crippen LogP contribution in [-0.4, -0.2) is 30.3 Å². The van der Waals surface area contributed by atoms with Crippen molar-refractivity contribution in [3.05, 3.63) is 29.6 Å². The number of nitrogens with two attached hydrogens (primary N) is 1. The smallest absolute Gasteiger partial charge is 0.393 e. The summed E-state index contributed by atoms with van der Waals surface area (Å²) in [5.74, 6) is -2.66. The maximum absolute atomic E-state index is 13.9. The largest absolute Gasteiger partial charge is 0.409 e.